The summed E-state index contributed by atoms with van der Waals surface area (Å²) in [7, 11) is 0. The highest BCUT2D eigenvalue weighted by Gasteiger charge is 2.38. The molecule has 0 saturated carbocycles. The van der Waals surface area contributed by atoms with Gasteiger partial charge in [-0.05, 0) is 63.9 Å². The summed E-state index contributed by atoms with van der Waals surface area (Å²) in [5.74, 6) is -0.769. The fourth-order valence-corrected chi connectivity index (χ4v) is 5.92. The molecule has 41 heavy (non-hydrogen) atoms. The summed E-state index contributed by atoms with van der Waals surface area (Å²) >= 11 is 1.32. The number of aromatic nitrogens is 3. The molecular formula is C29H33F3N6O2S. The van der Waals surface area contributed by atoms with E-state index < -0.39 is 12.1 Å². The highest BCUT2D eigenvalue weighted by molar-refractivity contribution is 7.22. The number of hydrogen-bond donors (Lipinski definition) is 2. The minimum Gasteiger partial charge on any atom is -0.437 e. The molecule has 1 amide bonds. The number of halogens is 3. The number of allylic oxidation sites excluding steroid dienone is 4. The van der Waals surface area contributed by atoms with Gasteiger partial charge in [0, 0.05) is 25.1 Å². The van der Waals surface area contributed by atoms with Crippen LogP contribution in [0.1, 0.15) is 52.1 Å². The lowest BCUT2D eigenvalue weighted by Crippen LogP contribution is -2.51. The van der Waals surface area contributed by atoms with E-state index in [2.05, 4.69) is 44.3 Å². The van der Waals surface area contributed by atoms with Crippen LogP contribution in [0, 0.1) is 5.92 Å². The van der Waals surface area contributed by atoms with E-state index in [1.165, 1.54) is 49.7 Å². The molecule has 2 aromatic heterocycles. The molecule has 1 aliphatic heterocycles. The Balaban J connectivity index is 1.44. The lowest BCUT2D eigenvalue weighted by atomic mass is 9.95. The first-order valence-corrected chi connectivity index (χ1v) is 14.5. The van der Waals surface area contributed by atoms with E-state index in [0.29, 0.717) is 40.2 Å². The number of anilines is 2. The Labute approximate surface area is 240 Å². The molecule has 0 spiro atoms. The maximum atomic E-state index is 13.2. The van der Waals surface area contributed by atoms with Gasteiger partial charge in [0.05, 0.1) is 16.3 Å². The average molecular weight is 587 g/mol. The number of carbonyl (C=O) groups excluding carboxylic acids is 1. The van der Waals surface area contributed by atoms with Crippen molar-refractivity contribution in [3.05, 3.63) is 48.2 Å². The van der Waals surface area contributed by atoms with Crippen LogP contribution < -0.4 is 15.4 Å². The van der Waals surface area contributed by atoms with Gasteiger partial charge in [-0.1, -0.05) is 42.1 Å². The minimum atomic E-state index is -4.30. The third-order valence-corrected chi connectivity index (χ3v) is 8.23. The lowest BCUT2D eigenvalue weighted by molar-refractivity contribution is -0.160. The Bertz CT molecular complexity index is 1480. The zero-order valence-corrected chi connectivity index (χ0v) is 24.0. The first-order chi connectivity index (χ1) is 19.5. The summed E-state index contributed by atoms with van der Waals surface area (Å²) in [6, 6.07) is 7.06. The molecule has 218 valence electrons. The quantitative estimate of drug-likeness (QED) is 0.293. The molecule has 1 unspecified atom stereocenters. The van der Waals surface area contributed by atoms with Crippen molar-refractivity contribution >= 4 is 44.1 Å². The topological polar surface area (TPSA) is 92.3 Å². The molecule has 2 N–H and O–H groups in total. The molecule has 1 saturated heterocycles. The Kier molecular flexibility index (Phi) is 8.32. The van der Waals surface area contributed by atoms with Crippen LogP contribution in [0.5, 0.6) is 11.6 Å². The summed E-state index contributed by atoms with van der Waals surface area (Å²) in [5, 5.41) is 6.49. The van der Waals surface area contributed by atoms with E-state index in [1.807, 2.05) is 12.1 Å². The molecule has 1 atom stereocenters. The maximum Gasteiger partial charge on any atom is 0.395 e. The molecule has 8 nitrogen and oxygen atoms in total. The molecule has 2 aliphatic rings. The summed E-state index contributed by atoms with van der Waals surface area (Å²) in [4.78, 5) is 27.7. The van der Waals surface area contributed by atoms with Crippen LogP contribution in [-0.2, 0) is 4.79 Å². The Morgan fingerprint density at radius 1 is 1.15 bits per heavy atom. The molecular weight excluding hydrogens is 553 g/mol. The molecule has 1 aromatic carbocycles. The van der Waals surface area contributed by atoms with Crippen LogP contribution >= 0.6 is 11.3 Å². The van der Waals surface area contributed by atoms with Gasteiger partial charge in [-0.2, -0.15) is 18.2 Å². The van der Waals surface area contributed by atoms with Gasteiger partial charge in [-0.3, -0.25) is 9.69 Å². The van der Waals surface area contributed by atoms with Crippen LogP contribution in [0.3, 0.4) is 0 Å². The summed E-state index contributed by atoms with van der Waals surface area (Å²) in [6.07, 6.45) is 3.28. The molecule has 0 bridgehead atoms. The van der Waals surface area contributed by atoms with Crippen LogP contribution in [0.4, 0.5) is 24.3 Å². The van der Waals surface area contributed by atoms with Crippen LogP contribution in [0.2, 0.25) is 0 Å². The number of thiazole rings is 1. The molecule has 0 radical (unpaired) electrons. The van der Waals surface area contributed by atoms with Crippen LogP contribution in [0.15, 0.2) is 42.5 Å². The molecule has 1 fully saturated rings. The van der Waals surface area contributed by atoms with Gasteiger partial charge in [0.25, 0.3) is 0 Å². The number of alkyl halides is 3. The first-order valence-electron chi connectivity index (χ1n) is 13.7. The number of amides is 1. The number of likely N-dealkylation sites (tertiary alicyclic amines) is 1. The first kappa shape index (κ1) is 29.0. The van der Waals surface area contributed by atoms with E-state index in [0.717, 1.165) is 17.8 Å². The van der Waals surface area contributed by atoms with E-state index in [9.17, 15) is 18.0 Å². The van der Waals surface area contributed by atoms with Crippen molar-refractivity contribution in [1.82, 2.24) is 19.9 Å². The van der Waals surface area contributed by atoms with Crippen molar-refractivity contribution in [3.63, 3.8) is 0 Å². The standard InChI is InChI=1S/C29H33F3N6O2S/c1-18(39)34-27-37-25-22(8-7-9-23(25)41-27)40-24-16-21(19-10-12-20(13-11-19)29(30,31)32)35-26(36-24)33-17-28(2,3)38-14-5-4-6-15-38/h7-12,16,20H,4-6,13-15,17H2,1-3H3,(H,33,35,36)(H,34,37,39). The second kappa shape index (κ2) is 11.8. The maximum absolute atomic E-state index is 13.2. The zero-order chi connectivity index (χ0) is 29.2. The van der Waals surface area contributed by atoms with E-state index in [1.54, 1.807) is 18.2 Å². The number of piperidine rings is 1. The van der Waals surface area contributed by atoms with Gasteiger partial charge in [0.15, 0.2) is 10.9 Å². The number of para-hydroxylation sites is 1. The largest absolute Gasteiger partial charge is 0.437 e. The second-order valence-corrected chi connectivity index (χ2v) is 12.0. The van der Waals surface area contributed by atoms with Crippen molar-refractivity contribution < 1.29 is 22.7 Å². The molecule has 12 heteroatoms. The van der Waals surface area contributed by atoms with Crippen LogP contribution in [-0.4, -0.2) is 57.1 Å². The predicted molar refractivity (Wildman–Crippen MR) is 155 cm³/mol. The number of carbonyl (C=O) groups is 1. The average Bonchev–Trinajstić information content (AvgIpc) is 3.35. The summed E-state index contributed by atoms with van der Waals surface area (Å²) < 4.78 is 46.7. The highest BCUT2D eigenvalue weighted by atomic mass is 32.1. The third kappa shape index (κ3) is 7.05. The Hall–Kier alpha value is -3.51. The summed E-state index contributed by atoms with van der Waals surface area (Å²) in [6.45, 7) is 8.39. The highest BCUT2D eigenvalue weighted by Crippen LogP contribution is 2.37. The molecule has 5 rings (SSSR count). The normalized spacial score (nSPS) is 18.3. The fraction of sp³-hybridized carbons (Fsp3) is 0.448. The van der Waals surface area contributed by atoms with Gasteiger partial charge in [0.1, 0.15) is 5.52 Å². The number of fused-ring (bicyclic) bond motifs is 1. The van der Waals surface area contributed by atoms with E-state index in [4.69, 9.17) is 4.74 Å². The Morgan fingerprint density at radius 2 is 1.93 bits per heavy atom. The van der Waals surface area contributed by atoms with Crippen LogP contribution in [0.25, 0.3) is 15.8 Å². The predicted octanol–water partition coefficient (Wildman–Crippen LogP) is 7.04. The zero-order valence-electron chi connectivity index (χ0n) is 23.2. The number of benzene rings is 1. The molecule has 1 aliphatic carbocycles. The van der Waals surface area contributed by atoms with Crippen molar-refractivity contribution in [2.24, 2.45) is 5.92 Å². The monoisotopic (exact) mass is 586 g/mol. The molecule has 3 heterocycles. The van der Waals surface area contributed by atoms with Crippen molar-refractivity contribution in [1.29, 1.82) is 0 Å². The van der Waals surface area contributed by atoms with Gasteiger partial charge in [-0.25, -0.2) is 9.97 Å². The van der Waals surface area contributed by atoms with Crippen molar-refractivity contribution in [2.45, 2.75) is 58.2 Å². The van der Waals surface area contributed by atoms with Gasteiger partial charge in [0.2, 0.25) is 17.7 Å². The van der Waals surface area contributed by atoms with Crippen molar-refractivity contribution in [2.75, 3.05) is 30.3 Å². The lowest BCUT2D eigenvalue weighted by Gasteiger charge is -2.41. The fourth-order valence-electron chi connectivity index (χ4n) is 4.99. The van der Waals surface area contributed by atoms with E-state index in [-0.39, 0.29) is 23.7 Å². The number of hydrogen-bond acceptors (Lipinski definition) is 8. The SMILES string of the molecule is CC(=O)Nc1nc2c(Oc3cc(C4=CCC(C(F)(F)F)C=C4)nc(NCC(C)(C)N4CCCCC4)n3)cccc2s1. The Morgan fingerprint density at radius 3 is 2.61 bits per heavy atom. The van der Waals surface area contributed by atoms with E-state index >= 15 is 0 Å². The molecule has 3 aromatic rings. The number of nitrogens with zero attached hydrogens (tertiary/aromatic N) is 4. The second-order valence-electron chi connectivity index (χ2n) is 10.9. The van der Waals surface area contributed by atoms with Gasteiger partial charge in [-0.15, -0.1) is 0 Å². The van der Waals surface area contributed by atoms with Gasteiger partial charge >= 0.3 is 6.18 Å². The number of ether oxygens (including phenoxy) is 1. The number of rotatable bonds is 8. The smallest absolute Gasteiger partial charge is 0.395 e. The number of nitrogens with one attached hydrogen (secondary N) is 2. The van der Waals surface area contributed by atoms with Crippen molar-refractivity contribution in [3.8, 4) is 11.6 Å². The van der Waals surface area contributed by atoms with Gasteiger partial charge < -0.3 is 15.4 Å². The third-order valence-electron chi connectivity index (χ3n) is 7.29. The minimum absolute atomic E-state index is 0.156. The summed E-state index contributed by atoms with van der Waals surface area (Å²) in [5.41, 5.74) is 1.43.